The fourth-order valence-corrected chi connectivity index (χ4v) is 2.92. The molecule has 1 aliphatic rings. The Morgan fingerprint density at radius 3 is 2.78 bits per heavy atom. The number of aliphatic hydroxyl groups is 1. The molecule has 1 aliphatic heterocycles. The van der Waals surface area contributed by atoms with Crippen molar-refractivity contribution in [2.45, 2.75) is 32.1 Å². The molecular weight excluding hydrogens is 222 g/mol. The van der Waals surface area contributed by atoms with Crippen LogP contribution in [0.5, 0.6) is 0 Å². The molecular formula is C16H25NO. The first-order valence-corrected chi connectivity index (χ1v) is 7.25. The molecule has 1 unspecified atom stereocenters. The van der Waals surface area contributed by atoms with E-state index in [1.54, 1.807) is 0 Å². The zero-order valence-corrected chi connectivity index (χ0v) is 11.2. The lowest BCUT2D eigenvalue weighted by Crippen LogP contribution is -2.36. The quantitative estimate of drug-likeness (QED) is 0.781. The third-order valence-electron chi connectivity index (χ3n) is 3.85. The highest BCUT2D eigenvalue weighted by molar-refractivity contribution is 5.15. The van der Waals surface area contributed by atoms with Crippen LogP contribution in [0.25, 0.3) is 0 Å². The van der Waals surface area contributed by atoms with Gasteiger partial charge in [0.25, 0.3) is 0 Å². The summed E-state index contributed by atoms with van der Waals surface area (Å²) in [6.45, 7) is 3.98. The maximum absolute atomic E-state index is 8.82. The maximum atomic E-state index is 8.82. The van der Waals surface area contributed by atoms with Gasteiger partial charge in [-0.1, -0.05) is 30.3 Å². The van der Waals surface area contributed by atoms with Crippen LogP contribution < -0.4 is 0 Å². The van der Waals surface area contributed by atoms with Gasteiger partial charge in [-0.25, -0.2) is 0 Å². The topological polar surface area (TPSA) is 23.5 Å². The Morgan fingerprint density at radius 1 is 1.17 bits per heavy atom. The molecule has 0 saturated carbocycles. The van der Waals surface area contributed by atoms with Crippen LogP contribution in [0.3, 0.4) is 0 Å². The van der Waals surface area contributed by atoms with Crippen molar-refractivity contribution in [3.05, 3.63) is 35.9 Å². The minimum absolute atomic E-state index is 0.335. The van der Waals surface area contributed by atoms with E-state index in [9.17, 15) is 0 Å². The van der Waals surface area contributed by atoms with Crippen molar-refractivity contribution in [2.75, 3.05) is 26.2 Å². The molecule has 0 radical (unpaired) electrons. The van der Waals surface area contributed by atoms with Gasteiger partial charge >= 0.3 is 0 Å². The van der Waals surface area contributed by atoms with Crippen LogP contribution in [0.4, 0.5) is 0 Å². The molecule has 2 heteroatoms. The molecule has 100 valence electrons. The highest BCUT2D eigenvalue weighted by Crippen LogP contribution is 2.20. The third kappa shape index (κ3) is 4.43. The summed E-state index contributed by atoms with van der Waals surface area (Å²) in [6.07, 6.45) is 5.99. The van der Waals surface area contributed by atoms with E-state index in [2.05, 4.69) is 35.2 Å². The van der Waals surface area contributed by atoms with Crippen molar-refractivity contribution in [1.29, 1.82) is 0 Å². The highest BCUT2D eigenvalue weighted by Gasteiger charge is 2.19. The summed E-state index contributed by atoms with van der Waals surface area (Å²) in [6, 6.07) is 10.8. The van der Waals surface area contributed by atoms with Gasteiger partial charge in [-0.15, -0.1) is 0 Å². The van der Waals surface area contributed by atoms with Gasteiger partial charge in [0.1, 0.15) is 0 Å². The van der Waals surface area contributed by atoms with Crippen LogP contribution in [0, 0.1) is 5.92 Å². The molecule has 0 amide bonds. The van der Waals surface area contributed by atoms with Crippen LogP contribution in [-0.2, 0) is 6.42 Å². The lowest BCUT2D eigenvalue weighted by Gasteiger charge is -2.32. The zero-order valence-electron chi connectivity index (χ0n) is 11.2. The standard InChI is InChI=1S/C16H25NO/c18-12-5-4-10-17-11-6-9-16(14-17)13-15-7-2-1-3-8-15/h1-3,7-8,16,18H,4-6,9-14H2. The van der Waals surface area contributed by atoms with E-state index in [-0.39, 0.29) is 0 Å². The molecule has 1 saturated heterocycles. The minimum Gasteiger partial charge on any atom is -0.396 e. The van der Waals surface area contributed by atoms with Crippen LogP contribution >= 0.6 is 0 Å². The SMILES string of the molecule is OCCCCN1CCCC(Cc2ccccc2)C1. The van der Waals surface area contributed by atoms with Gasteiger partial charge < -0.3 is 10.0 Å². The zero-order chi connectivity index (χ0) is 12.6. The largest absolute Gasteiger partial charge is 0.396 e. The molecule has 0 aliphatic carbocycles. The van der Waals surface area contributed by atoms with E-state index in [1.165, 1.54) is 37.9 Å². The van der Waals surface area contributed by atoms with E-state index >= 15 is 0 Å². The second-order valence-corrected chi connectivity index (χ2v) is 5.43. The number of unbranched alkanes of at least 4 members (excludes halogenated alkanes) is 1. The minimum atomic E-state index is 0.335. The van der Waals surface area contributed by atoms with Crippen LogP contribution in [0.15, 0.2) is 30.3 Å². The number of hydrogen-bond donors (Lipinski definition) is 1. The molecule has 1 N–H and O–H groups in total. The summed E-state index contributed by atoms with van der Waals surface area (Å²) >= 11 is 0. The van der Waals surface area contributed by atoms with E-state index in [0.29, 0.717) is 6.61 Å². The fourth-order valence-electron chi connectivity index (χ4n) is 2.92. The van der Waals surface area contributed by atoms with Gasteiger partial charge in [-0.2, -0.15) is 0 Å². The van der Waals surface area contributed by atoms with Crippen molar-refractivity contribution < 1.29 is 5.11 Å². The Balaban J connectivity index is 1.76. The van der Waals surface area contributed by atoms with Crippen molar-refractivity contribution >= 4 is 0 Å². The molecule has 18 heavy (non-hydrogen) atoms. The molecule has 2 rings (SSSR count). The van der Waals surface area contributed by atoms with Crippen molar-refractivity contribution in [2.24, 2.45) is 5.92 Å². The highest BCUT2D eigenvalue weighted by atomic mass is 16.2. The van der Waals surface area contributed by atoms with Gasteiger partial charge in [0.15, 0.2) is 0 Å². The van der Waals surface area contributed by atoms with Crippen molar-refractivity contribution in [3.63, 3.8) is 0 Å². The van der Waals surface area contributed by atoms with E-state index in [1.807, 2.05) is 0 Å². The first kappa shape index (κ1) is 13.6. The predicted octanol–water partition coefficient (Wildman–Crippen LogP) is 2.71. The number of aliphatic hydroxyl groups excluding tert-OH is 1. The van der Waals surface area contributed by atoms with Crippen molar-refractivity contribution in [3.8, 4) is 0 Å². The molecule has 1 atom stereocenters. The van der Waals surface area contributed by atoms with E-state index in [0.717, 1.165) is 25.3 Å². The summed E-state index contributed by atoms with van der Waals surface area (Å²) in [7, 11) is 0. The number of likely N-dealkylation sites (tertiary alicyclic amines) is 1. The summed E-state index contributed by atoms with van der Waals surface area (Å²) in [4.78, 5) is 2.58. The summed E-state index contributed by atoms with van der Waals surface area (Å²) in [5, 5.41) is 8.82. The van der Waals surface area contributed by atoms with E-state index < -0.39 is 0 Å². The average Bonchev–Trinajstić information content (AvgIpc) is 2.41. The normalized spacial score (nSPS) is 21.1. The van der Waals surface area contributed by atoms with Crippen LogP contribution in [-0.4, -0.2) is 36.2 Å². The molecule has 1 heterocycles. The summed E-state index contributed by atoms with van der Waals surface area (Å²) in [5.74, 6) is 0.815. The average molecular weight is 247 g/mol. The van der Waals surface area contributed by atoms with E-state index in [4.69, 9.17) is 5.11 Å². The predicted molar refractivity (Wildman–Crippen MR) is 75.6 cm³/mol. The molecule has 1 aromatic rings. The van der Waals surface area contributed by atoms with Gasteiger partial charge in [0.05, 0.1) is 0 Å². The summed E-state index contributed by atoms with van der Waals surface area (Å²) in [5.41, 5.74) is 1.47. The number of piperidine rings is 1. The lowest BCUT2D eigenvalue weighted by molar-refractivity contribution is 0.166. The number of nitrogens with zero attached hydrogens (tertiary/aromatic N) is 1. The number of benzene rings is 1. The Bertz CT molecular complexity index is 325. The van der Waals surface area contributed by atoms with Gasteiger partial charge in [-0.3, -0.25) is 0 Å². The number of hydrogen-bond acceptors (Lipinski definition) is 2. The molecule has 0 aromatic heterocycles. The Kier molecular flexibility index (Phi) is 5.69. The first-order chi connectivity index (χ1) is 8.88. The molecule has 1 aromatic carbocycles. The van der Waals surface area contributed by atoms with Crippen molar-refractivity contribution in [1.82, 2.24) is 4.90 Å². The Labute approximate surface area is 111 Å². The fraction of sp³-hybridized carbons (Fsp3) is 0.625. The van der Waals surface area contributed by atoms with Gasteiger partial charge in [0.2, 0.25) is 0 Å². The van der Waals surface area contributed by atoms with Gasteiger partial charge in [-0.05, 0) is 56.7 Å². The third-order valence-corrected chi connectivity index (χ3v) is 3.85. The van der Waals surface area contributed by atoms with Gasteiger partial charge in [0, 0.05) is 13.2 Å². The monoisotopic (exact) mass is 247 g/mol. The second-order valence-electron chi connectivity index (χ2n) is 5.43. The second kappa shape index (κ2) is 7.55. The lowest BCUT2D eigenvalue weighted by atomic mass is 9.91. The molecule has 0 bridgehead atoms. The molecule has 2 nitrogen and oxygen atoms in total. The van der Waals surface area contributed by atoms with Crippen LogP contribution in [0.2, 0.25) is 0 Å². The number of rotatable bonds is 6. The smallest absolute Gasteiger partial charge is 0.0431 e. The Hall–Kier alpha value is -0.860. The van der Waals surface area contributed by atoms with Crippen LogP contribution in [0.1, 0.15) is 31.2 Å². The molecule has 1 fully saturated rings. The first-order valence-electron chi connectivity index (χ1n) is 7.25. The summed E-state index contributed by atoms with van der Waals surface area (Å²) < 4.78 is 0. The maximum Gasteiger partial charge on any atom is 0.0431 e. The Morgan fingerprint density at radius 2 is 2.00 bits per heavy atom. The molecule has 0 spiro atoms.